The normalized spacial score (nSPS) is 20.8. The Morgan fingerprint density at radius 2 is 1.87 bits per heavy atom. The van der Waals surface area contributed by atoms with Crippen LogP contribution in [0.15, 0.2) is 0 Å². The summed E-state index contributed by atoms with van der Waals surface area (Å²) in [4.78, 5) is 2.35. The highest BCUT2D eigenvalue weighted by molar-refractivity contribution is 4.77. The minimum Gasteiger partial charge on any atom is -0.395 e. The van der Waals surface area contributed by atoms with E-state index < -0.39 is 0 Å². The minimum atomic E-state index is 0.238. The van der Waals surface area contributed by atoms with Gasteiger partial charge in [-0.25, -0.2) is 0 Å². The maximum Gasteiger partial charge on any atom is 0.0558 e. The molecule has 0 aromatic heterocycles. The summed E-state index contributed by atoms with van der Waals surface area (Å²) in [6.07, 6.45) is 2.53. The second-order valence-electron chi connectivity index (χ2n) is 5.64. The lowest BCUT2D eigenvalue weighted by atomic mass is 9.95. The van der Waals surface area contributed by atoms with E-state index in [0.717, 1.165) is 32.1 Å². The summed E-state index contributed by atoms with van der Waals surface area (Å²) in [5.74, 6) is 0.819. The third-order valence-corrected chi connectivity index (χ3v) is 3.04. The van der Waals surface area contributed by atoms with E-state index in [1.165, 1.54) is 12.8 Å². The predicted octanol–water partition coefficient (Wildman–Crippen LogP) is 1.08. The third-order valence-electron chi connectivity index (χ3n) is 3.04. The summed E-state index contributed by atoms with van der Waals surface area (Å²) in [6.45, 7) is 11.2. The summed E-state index contributed by atoms with van der Waals surface area (Å²) in [5.41, 5.74) is 0.238. The molecule has 0 unspecified atom stereocenters. The van der Waals surface area contributed by atoms with E-state index in [1.54, 1.807) is 0 Å². The molecule has 1 fully saturated rings. The molecular formula is C12H26N2O. The summed E-state index contributed by atoms with van der Waals surface area (Å²) >= 11 is 0. The number of likely N-dealkylation sites (tertiary alicyclic amines) is 1. The quantitative estimate of drug-likeness (QED) is 0.735. The molecular weight excluding hydrogens is 188 g/mol. The van der Waals surface area contributed by atoms with Crippen molar-refractivity contribution in [2.75, 3.05) is 32.8 Å². The molecule has 90 valence electrons. The molecule has 0 aromatic carbocycles. The van der Waals surface area contributed by atoms with Gasteiger partial charge in [-0.1, -0.05) is 0 Å². The van der Waals surface area contributed by atoms with Gasteiger partial charge in [-0.05, 0) is 59.2 Å². The number of rotatable bonds is 4. The Labute approximate surface area is 93.9 Å². The molecule has 1 aliphatic heterocycles. The largest absolute Gasteiger partial charge is 0.395 e. The van der Waals surface area contributed by atoms with Gasteiger partial charge in [0.2, 0.25) is 0 Å². The molecule has 3 heteroatoms. The molecule has 1 saturated heterocycles. The van der Waals surface area contributed by atoms with E-state index in [1.807, 2.05) is 0 Å². The lowest BCUT2D eigenvalue weighted by Gasteiger charge is -2.33. The number of aliphatic hydroxyl groups is 1. The van der Waals surface area contributed by atoms with Gasteiger partial charge in [0.15, 0.2) is 0 Å². The second kappa shape index (κ2) is 5.83. The first-order valence-corrected chi connectivity index (χ1v) is 6.09. The van der Waals surface area contributed by atoms with Crippen molar-refractivity contribution in [3.05, 3.63) is 0 Å². The smallest absolute Gasteiger partial charge is 0.0558 e. The molecule has 0 aromatic rings. The molecule has 0 radical (unpaired) electrons. The van der Waals surface area contributed by atoms with Gasteiger partial charge in [-0.3, -0.25) is 0 Å². The number of aliphatic hydroxyl groups excluding tert-OH is 1. The molecule has 1 heterocycles. The van der Waals surface area contributed by atoms with Gasteiger partial charge < -0.3 is 15.3 Å². The van der Waals surface area contributed by atoms with E-state index in [4.69, 9.17) is 5.11 Å². The third kappa shape index (κ3) is 5.50. The SMILES string of the molecule is CC(C)(C)NCC1CCN(CCO)CC1. The summed E-state index contributed by atoms with van der Waals surface area (Å²) in [7, 11) is 0. The number of hydrogen-bond acceptors (Lipinski definition) is 3. The number of β-amino-alcohol motifs (C(OH)–C–C–N with tert-alkyl or cyclic N) is 1. The van der Waals surface area contributed by atoms with Gasteiger partial charge in [0.25, 0.3) is 0 Å². The first-order valence-electron chi connectivity index (χ1n) is 6.09. The summed E-state index contributed by atoms with van der Waals surface area (Å²) < 4.78 is 0. The average Bonchev–Trinajstić information content (AvgIpc) is 2.16. The van der Waals surface area contributed by atoms with Crippen LogP contribution >= 0.6 is 0 Å². The molecule has 0 atom stereocenters. The average molecular weight is 214 g/mol. The van der Waals surface area contributed by atoms with Gasteiger partial charge in [-0.15, -0.1) is 0 Å². The van der Waals surface area contributed by atoms with Crippen molar-refractivity contribution in [1.29, 1.82) is 0 Å². The van der Waals surface area contributed by atoms with Crippen molar-refractivity contribution < 1.29 is 5.11 Å². The monoisotopic (exact) mass is 214 g/mol. The zero-order valence-electron chi connectivity index (χ0n) is 10.4. The zero-order valence-corrected chi connectivity index (χ0v) is 10.4. The molecule has 1 rings (SSSR count). The molecule has 1 aliphatic rings. The number of hydrogen-bond donors (Lipinski definition) is 2. The summed E-state index contributed by atoms with van der Waals surface area (Å²) in [5, 5.41) is 12.4. The van der Waals surface area contributed by atoms with Crippen LogP contribution in [0.1, 0.15) is 33.6 Å². The Morgan fingerprint density at radius 3 is 2.33 bits per heavy atom. The van der Waals surface area contributed by atoms with Crippen molar-refractivity contribution in [3.8, 4) is 0 Å². The fraction of sp³-hybridized carbons (Fsp3) is 1.00. The summed E-state index contributed by atoms with van der Waals surface area (Å²) in [6, 6.07) is 0. The lowest BCUT2D eigenvalue weighted by molar-refractivity contribution is 0.144. The highest BCUT2D eigenvalue weighted by Crippen LogP contribution is 2.16. The molecule has 0 spiro atoms. The fourth-order valence-electron chi connectivity index (χ4n) is 2.01. The fourth-order valence-corrected chi connectivity index (χ4v) is 2.01. The van der Waals surface area contributed by atoms with E-state index in [2.05, 4.69) is 31.0 Å². The van der Waals surface area contributed by atoms with Crippen LogP contribution in [-0.2, 0) is 0 Å². The van der Waals surface area contributed by atoms with Crippen LogP contribution in [0.5, 0.6) is 0 Å². The number of nitrogens with zero attached hydrogens (tertiary/aromatic N) is 1. The van der Waals surface area contributed by atoms with Crippen LogP contribution in [-0.4, -0.2) is 48.3 Å². The van der Waals surface area contributed by atoms with Crippen molar-refractivity contribution >= 4 is 0 Å². The molecule has 0 aliphatic carbocycles. The molecule has 15 heavy (non-hydrogen) atoms. The van der Waals surface area contributed by atoms with Crippen LogP contribution in [0.2, 0.25) is 0 Å². The Balaban J connectivity index is 2.15. The van der Waals surface area contributed by atoms with Gasteiger partial charge in [-0.2, -0.15) is 0 Å². The van der Waals surface area contributed by atoms with Crippen LogP contribution in [0.25, 0.3) is 0 Å². The minimum absolute atomic E-state index is 0.238. The Bertz CT molecular complexity index is 169. The number of nitrogens with one attached hydrogen (secondary N) is 1. The topological polar surface area (TPSA) is 35.5 Å². The highest BCUT2D eigenvalue weighted by atomic mass is 16.3. The lowest BCUT2D eigenvalue weighted by Crippen LogP contribution is -2.43. The van der Waals surface area contributed by atoms with E-state index >= 15 is 0 Å². The van der Waals surface area contributed by atoms with Gasteiger partial charge in [0.05, 0.1) is 6.61 Å². The maximum atomic E-state index is 8.84. The Kier molecular flexibility index (Phi) is 5.03. The first-order chi connectivity index (χ1) is 7.01. The molecule has 0 amide bonds. The van der Waals surface area contributed by atoms with Crippen LogP contribution in [0.4, 0.5) is 0 Å². The van der Waals surface area contributed by atoms with E-state index in [0.29, 0.717) is 6.61 Å². The van der Waals surface area contributed by atoms with Crippen molar-refractivity contribution in [2.45, 2.75) is 39.2 Å². The highest BCUT2D eigenvalue weighted by Gasteiger charge is 2.20. The second-order valence-corrected chi connectivity index (χ2v) is 5.64. The van der Waals surface area contributed by atoms with Crippen LogP contribution in [0.3, 0.4) is 0 Å². The van der Waals surface area contributed by atoms with Crippen LogP contribution in [0, 0.1) is 5.92 Å². The van der Waals surface area contributed by atoms with E-state index in [-0.39, 0.29) is 5.54 Å². The molecule has 2 N–H and O–H groups in total. The zero-order chi connectivity index (χ0) is 11.3. The van der Waals surface area contributed by atoms with Crippen molar-refractivity contribution in [2.24, 2.45) is 5.92 Å². The van der Waals surface area contributed by atoms with Crippen molar-refractivity contribution in [1.82, 2.24) is 10.2 Å². The first kappa shape index (κ1) is 12.9. The van der Waals surface area contributed by atoms with E-state index in [9.17, 15) is 0 Å². The van der Waals surface area contributed by atoms with Crippen LogP contribution < -0.4 is 5.32 Å². The maximum absolute atomic E-state index is 8.84. The van der Waals surface area contributed by atoms with Gasteiger partial charge >= 0.3 is 0 Å². The predicted molar refractivity (Wildman–Crippen MR) is 64.0 cm³/mol. The Hall–Kier alpha value is -0.120. The molecule has 0 bridgehead atoms. The number of piperidine rings is 1. The standard InChI is InChI=1S/C12H26N2O/c1-12(2,3)13-10-11-4-6-14(7-5-11)8-9-15/h11,13,15H,4-10H2,1-3H3. The van der Waals surface area contributed by atoms with Gasteiger partial charge in [0, 0.05) is 12.1 Å². The molecule has 0 saturated carbocycles. The molecule has 3 nitrogen and oxygen atoms in total. The van der Waals surface area contributed by atoms with Gasteiger partial charge in [0.1, 0.15) is 0 Å². The Morgan fingerprint density at radius 1 is 1.27 bits per heavy atom. The van der Waals surface area contributed by atoms with Crippen molar-refractivity contribution in [3.63, 3.8) is 0 Å².